The fourth-order valence-corrected chi connectivity index (χ4v) is 11.4. The van der Waals surface area contributed by atoms with Crippen LogP contribution in [0.25, 0.3) is 0 Å². The molecule has 0 saturated carbocycles. The van der Waals surface area contributed by atoms with Gasteiger partial charge in [-0.3, -0.25) is 40.4 Å². The third kappa shape index (κ3) is 33.8. The van der Waals surface area contributed by atoms with Gasteiger partial charge in [0.1, 0.15) is 56.9 Å². The molecular weight excluding hydrogens is 1560 g/mol. The number of esters is 6. The Morgan fingerprint density at radius 1 is 0.392 bits per heavy atom. The topological polar surface area (TPSA) is 413 Å². The van der Waals surface area contributed by atoms with Crippen molar-refractivity contribution in [2.75, 3.05) is 52.7 Å². The highest BCUT2D eigenvalue weighted by molar-refractivity contribution is 6.05. The molecule has 34 nitrogen and oxygen atoms in total. The molecule has 4 aromatic carbocycles. The minimum atomic E-state index is -1.67. The van der Waals surface area contributed by atoms with Crippen LogP contribution in [0.3, 0.4) is 0 Å². The van der Waals surface area contributed by atoms with Gasteiger partial charge in [0.15, 0.2) is 23.0 Å². The van der Waals surface area contributed by atoms with E-state index in [2.05, 4.69) is 31.3 Å². The average molecular weight is 1680 g/mol. The molecule has 4 N–H and O–H groups in total. The zero-order chi connectivity index (χ0) is 89.8. The summed E-state index contributed by atoms with van der Waals surface area (Å²) in [4.78, 5) is 179. The molecule has 6 rings (SSSR count). The van der Waals surface area contributed by atoms with Crippen molar-refractivity contribution in [3.05, 3.63) is 106 Å². The van der Waals surface area contributed by atoms with Crippen LogP contribution in [-0.4, -0.2) is 203 Å². The molecule has 4 aromatic rings. The minimum absolute atomic E-state index is 0.0826. The Morgan fingerprint density at radius 3 is 0.983 bits per heavy atom. The SMILES string of the molecule is CC(C)(C)OC(=O)C[C@H](C(=O)OC(C)(C)C)N(CCOCCOCCN(C(=O)c1cccc2c1OCCCc1cc(N=C(NC(=O)OC(C)(C)C)NC(=O)OC(C)(C)C)ccc1C(=O)O2)[C@H](CC(=O)OC(C)(C)C)C(=O)OC(C)(C)C)C(=O)c1cccc2c1OCCCc1cc(N=C(NC(=O)OC(C)(C)C)NC(=O)OC(C)(C)C)ccc1C(=O)O2. The molecule has 2 atom stereocenters. The lowest BCUT2D eigenvalue weighted by Gasteiger charge is -2.33. The predicted molar refractivity (Wildman–Crippen MR) is 439 cm³/mol. The molecule has 0 aromatic heterocycles. The summed E-state index contributed by atoms with van der Waals surface area (Å²) in [6.07, 6.45) is -4.33. The molecule has 34 heteroatoms. The molecule has 2 aliphatic heterocycles. The maximum Gasteiger partial charge on any atom is 0.414 e. The number of guanidine groups is 2. The maximum atomic E-state index is 15.5. The Morgan fingerprint density at radius 2 is 0.692 bits per heavy atom. The molecule has 6 amide bonds. The molecule has 0 spiro atoms. The number of benzene rings is 4. The molecule has 658 valence electrons. The molecule has 0 fully saturated rings. The lowest BCUT2D eigenvalue weighted by molar-refractivity contribution is -0.168. The molecular formula is C86H118N8O26. The highest BCUT2D eigenvalue weighted by atomic mass is 16.6. The van der Waals surface area contributed by atoms with Gasteiger partial charge in [-0.05, 0) is 264 Å². The maximum absolute atomic E-state index is 15.5. The first-order valence-corrected chi connectivity index (χ1v) is 39.4. The van der Waals surface area contributed by atoms with Crippen LogP contribution in [0.4, 0.5) is 30.6 Å². The molecule has 0 radical (unpaired) electrons. The van der Waals surface area contributed by atoms with Gasteiger partial charge in [0.2, 0.25) is 11.9 Å². The van der Waals surface area contributed by atoms with Crippen LogP contribution in [0.2, 0.25) is 0 Å². The van der Waals surface area contributed by atoms with Gasteiger partial charge in [-0.15, -0.1) is 0 Å². The van der Waals surface area contributed by atoms with E-state index in [0.29, 0.717) is 11.1 Å². The van der Waals surface area contributed by atoms with Crippen molar-refractivity contribution in [1.82, 2.24) is 31.1 Å². The summed E-state index contributed by atoms with van der Waals surface area (Å²) in [6.45, 7) is 37.2. The standard InChI is InChI=1S/C86H118N8O26/c1-79(2,3)113-63(95)49-59(71(101)115-81(7,8)9)93(67(97)57-31-25-33-61-65(57)109-41-27-29-51-47-53(35-37-55(51)69(99)111-61)87-73(89-75(103)117-83(13,14)15)90-76(104)118-84(16,17)18)39-43-107-45-46-108-44-40-94(60(72(102)116-82(10,11)12)50-64(96)114-80(4,5)6)68(98)58-32-26-34-62-66(58)110-42-28-30-52-48-54(36-38-56(52)70(100)112-62)88-74(91-77(105)119-85(19,20)21)92-78(106)120-86(22,23)24/h25-26,31-38,47-48,59-60H,27-30,39-46,49-50H2,1-24H3,(H2,87,89,90,103,104)(H2,88,91,92,105,106)/t59-,60-/m1/s1. The van der Waals surface area contributed by atoms with Crippen molar-refractivity contribution in [1.29, 1.82) is 0 Å². The quantitative estimate of drug-likeness (QED) is 0.0150. The number of hydrogen-bond donors (Lipinski definition) is 4. The lowest BCUT2D eigenvalue weighted by atomic mass is 10.0. The second-order valence-corrected chi connectivity index (χ2v) is 36.0. The predicted octanol–water partition coefficient (Wildman–Crippen LogP) is 13.4. The first-order chi connectivity index (χ1) is 55.4. The number of nitrogens with zero attached hydrogens (tertiary/aromatic N) is 4. The Labute approximate surface area is 700 Å². The number of aliphatic imine (C=N–C) groups is 2. The normalized spacial score (nSPS) is 13.9. The smallest absolute Gasteiger partial charge is 0.414 e. The van der Waals surface area contributed by atoms with E-state index in [-0.39, 0.29) is 134 Å². The van der Waals surface area contributed by atoms with E-state index in [1.807, 2.05) is 0 Å². The number of carbonyl (C=O) groups is 12. The van der Waals surface area contributed by atoms with Crippen molar-refractivity contribution in [2.45, 2.75) is 262 Å². The van der Waals surface area contributed by atoms with Crippen molar-refractivity contribution in [3.63, 3.8) is 0 Å². The number of amides is 6. The van der Waals surface area contributed by atoms with Gasteiger partial charge in [0, 0.05) is 13.1 Å². The highest BCUT2D eigenvalue weighted by Crippen LogP contribution is 2.38. The number of aryl methyl sites for hydroxylation is 2. The van der Waals surface area contributed by atoms with Gasteiger partial charge < -0.3 is 76.1 Å². The van der Waals surface area contributed by atoms with Crippen LogP contribution in [-0.2, 0) is 79.4 Å². The van der Waals surface area contributed by atoms with E-state index in [0.717, 1.165) is 9.80 Å². The third-order valence-electron chi connectivity index (χ3n) is 15.6. The van der Waals surface area contributed by atoms with Crippen molar-refractivity contribution in [3.8, 4) is 23.0 Å². The van der Waals surface area contributed by atoms with Gasteiger partial charge in [-0.2, -0.15) is 0 Å². The Balaban J connectivity index is 1.30. The van der Waals surface area contributed by atoms with Crippen LogP contribution in [0, 0.1) is 0 Å². The first kappa shape index (κ1) is 97.4. The van der Waals surface area contributed by atoms with Crippen LogP contribution in [0.15, 0.2) is 82.8 Å². The molecule has 0 unspecified atom stereocenters. The molecule has 2 heterocycles. The van der Waals surface area contributed by atoms with Gasteiger partial charge in [-0.25, -0.2) is 48.3 Å². The fourth-order valence-electron chi connectivity index (χ4n) is 11.4. The first-order valence-electron chi connectivity index (χ1n) is 39.4. The number of hydrogen-bond acceptors (Lipinski definition) is 28. The summed E-state index contributed by atoms with van der Waals surface area (Å²) in [6, 6.07) is 14.0. The molecule has 120 heavy (non-hydrogen) atoms. The molecule has 0 aliphatic carbocycles. The summed E-state index contributed by atoms with van der Waals surface area (Å²) in [5.41, 5.74) is -6.99. The largest absolute Gasteiger partial charge is 0.489 e. The van der Waals surface area contributed by atoms with Gasteiger partial charge in [0.05, 0.1) is 86.1 Å². The zero-order valence-corrected chi connectivity index (χ0v) is 73.4. The number of fused-ring (bicyclic) bond motifs is 4. The van der Waals surface area contributed by atoms with E-state index >= 15 is 9.59 Å². The fraction of sp³-hybridized carbons (Fsp3) is 0.558. The van der Waals surface area contributed by atoms with Gasteiger partial charge >= 0.3 is 60.2 Å². The van der Waals surface area contributed by atoms with Crippen molar-refractivity contribution in [2.24, 2.45) is 9.98 Å². The van der Waals surface area contributed by atoms with Crippen molar-refractivity contribution < 1.29 is 124 Å². The minimum Gasteiger partial charge on any atom is -0.489 e. The van der Waals surface area contributed by atoms with Crippen LogP contribution in [0.1, 0.15) is 244 Å². The number of nitrogens with one attached hydrogen (secondary N) is 4. The number of ether oxygens (including phenoxy) is 14. The lowest BCUT2D eigenvalue weighted by Crippen LogP contribution is -2.50. The highest BCUT2D eigenvalue weighted by Gasteiger charge is 2.42. The van der Waals surface area contributed by atoms with Gasteiger partial charge in [0.25, 0.3) is 11.8 Å². The monoisotopic (exact) mass is 1680 g/mol. The zero-order valence-electron chi connectivity index (χ0n) is 73.4. The third-order valence-corrected chi connectivity index (χ3v) is 15.6. The summed E-state index contributed by atoms with van der Waals surface area (Å²) in [7, 11) is 0. The number of rotatable bonds is 21. The van der Waals surface area contributed by atoms with E-state index in [1.165, 1.54) is 60.7 Å². The van der Waals surface area contributed by atoms with Crippen LogP contribution in [0.5, 0.6) is 23.0 Å². The molecule has 0 bridgehead atoms. The molecule has 2 aliphatic rings. The van der Waals surface area contributed by atoms with Crippen LogP contribution >= 0.6 is 0 Å². The molecule has 0 saturated heterocycles. The van der Waals surface area contributed by atoms with E-state index in [4.69, 9.17) is 66.3 Å². The summed E-state index contributed by atoms with van der Waals surface area (Å²) in [5.74, 6) is -8.68. The number of para-hydroxylation sites is 2. The number of carbonyl (C=O) groups excluding carboxylic acids is 12. The van der Waals surface area contributed by atoms with E-state index in [1.54, 1.807) is 178 Å². The van der Waals surface area contributed by atoms with E-state index in [9.17, 15) is 47.9 Å². The van der Waals surface area contributed by atoms with Crippen LogP contribution < -0.4 is 40.2 Å². The Hall–Kier alpha value is -11.4. The van der Waals surface area contributed by atoms with Gasteiger partial charge in [-0.1, -0.05) is 12.1 Å². The average Bonchev–Trinajstić information content (AvgIpc) is 0.793. The summed E-state index contributed by atoms with van der Waals surface area (Å²) < 4.78 is 81.6. The second kappa shape index (κ2) is 41.0. The number of alkyl carbamates (subject to hydrolysis) is 4. The summed E-state index contributed by atoms with van der Waals surface area (Å²) >= 11 is 0. The Bertz CT molecular complexity index is 4110. The Kier molecular flexibility index (Phi) is 33.3. The van der Waals surface area contributed by atoms with Crippen molar-refractivity contribution >= 4 is 95.3 Å². The second-order valence-electron chi connectivity index (χ2n) is 36.0. The van der Waals surface area contributed by atoms with E-state index < -0.39 is 155 Å². The summed E-state index contributed by atoms with van der Waals surface area (Å²) in [5, 5.41) is 9.74.